The van der Waals surface area contributed by atoms with Crippen LogP contribution in [0.2, 0.25) is 0 Å². The average Bonchev–Trinajstić information content (AvgIpc) is 2.91. The lowest BCUT2D eigenvalue weighted by Crippen LogP contribution is -2.37. The van der Waals surface area contributed by atoms with E-state index in [1.54, 1.807) is 5.06 Å². The number of nitrogens with zero attached hydrogens (tertiary/aromatic N) is 2. The Morgan fingerprint density at radius 1 is 1.36 bits per heavy atom. The van der Waals surface area contributed by atoms with E-state index in [0.29, 0.717) is 18.2 Å². The first-order valence-electron chi connectivity index (χ1n) is 8.54. The molecule has 1 aromatic carbocycles. The Morgan fingerprint density at radius 2 is 2.04 bits per heavy atom. The number of carbonyl (C=O) groups is 2. The highest BCUT2D eigenvalue weighted by Gasteiger charge is 2.32. The van der Waals surface area contributed by atoms with Crippen LogP contribution in [0, 0.1) is 5.41 Å². The minimum absolute atomic E-state index is 0.00569. The van der Waals surface area contributed by atoms with Crippen LogP contribution in [0.1, 0.15) is 45.2 Å². The number of hydrogen-bond donors (Lipinski definition) is 2. The van der Waals surface area contributed by atoms with Crippen LogP contribution in [0.25, 0.3) is 0 Å². The maximum absolute atomic E-state index is 12.0. The second-order valence-electron chi connectivity index (χ2n) is 7.21. The fraction of sp³-hybridized carbons (Fsp3) is 0.556. The lowest BCUT2D eigenvalue weighted by Gasteiger charge is -2.21. The number of benzene rings is 1. The molecular weight excluding hydrogens is 322 g/mol. The summed E-state index contributed by atoms with van der Waals surface area (Å²) in [6.07, 6.45) is 0.0568. The molecule has 0 aromatic heterocycles. The number of nitrogens with one attached hydrogen (secondary N) is 1. The molecule has 0 radical (unpaired) electrons. The van der Waals surface area contributed by atoms with Crippen molar-refractivity contribution >= 4 is 12.0 Å². The topological polar surface area (TPSA) is 82.1 Å². The number of rotatable bonds is 6. The van der Waals surface area contributed by atoms with Gasteiger partial charge in [0.2, 0.25) is 5.91 Å². The SMILES string of the molecule is C[C@@H](NC(=O)CCN(O)C(=O)ON1CCC(C)(C)C1)c1ccccc1. The van der Waals surface area contributed by atoms with E-state index in [2.05, 4.69) is 19.2 Å². The lowest BCUT2D eigenvalue weighted by atomic mass is 9.93. The van der Waals surface area contributed by atoms with Crippen LogP contribution in [0.5, 0.6) is 0 Å². The Labute approximate surface area is 148 Å². The summed E-state index contributed by atoms with van der Waals surface area (Å²) in [5, 5.41) is 14.6. The van der Waals surface area contributed by atoms with E-state index in [9.17, 15) is 14.8 Å². The average molecular weight is 349 g/mol. The second-order valence-corrected chi connectivity index (χ2v) is 7.21. The van der Waals surface area contributed by atoms with Gasteiger partial charge in [0, 0.05) is 19.5 Å². The maximum atomic E-state index is 12.0. The standard InChI is InChI=1S/C18H27N3O4/c1-14(15-7-5-4-6-8-15)19-16(22)9-11-21(24)17(23)25-20-12-10-18(2,3)13-20/h4-8,14,24H,9-13H2,1-3H3,(H,19,22)/t14-/m1/s1. The first-order valence-corrected chi connectivity index (χ1v) is 8.54. The minimum Gasteiger partial charge on any atom is -0.350 e. The summed E-state index contributed by atoms with van der Waals surface area (Å²) in [7, 11) is 0. The van der Waals surface area contributed by atoms with E-state index in [4.69, 9.17) is 4.84 Å². The zero-order valence-corrected chi connectivity index (χ0v) is 15.1. The van der Waals surface area contributed by atoms with Crippen LogP contribution in [0.15, 0.2) is 30.3 Å². The number of hydrogen-bond acceptors (Lipinski definition) is 5. The quantitative estimate of drug-likeness (QED) is 0.609. The highest BCUT2D eigenvalue weighted by Crippen LogP contribution is 2.28. The van der Waals surface area contributed by atoms with Gasteiger partial charge in [-0.2, -0.15) is 5.06 Å². The fourth-order valence-corrected chi connectivity index (χ4v) is 2.74. The Kier molecular flexibility index (Phi) is 6.39. The van der Waals surface area contributed by atoms with E-state index < -0.39 is 6.09 Å². The van der Waals surface area contributed by atoms with Crippen LogP contribution in [-0.2, 0) is 9.63 Å². The van der Waals surface area contributed by atoms with Crippen molar-refractivity contribution in [1.29, 1.82) is 0 Å². The van der Waals surface area contributed by atoms with Crippen molar-refractivity contribution in [2.75, 3.05) is 19.6 Å². The van der Waals surface area contributed by atoms with Gasteiger partial charge in [0.25, 0.3) is 0 Å². The molecule has 0 saturated carbocycles. The first kappa shape index (κ1) is 19.2. The Balaban J connectivity index is 1.71. The second kappa shape index (κ2) is 8.31. The Morgan fingerprint density at radius 3 is 2.64 bits per heavy atom. The molecule has 1 saturated heterocycles. The summed E-state index contributed by atoms with van der Waals surface area (Å²) in [4.78, 5) is 28.9. The third-order valence-corrected chi connectivity index (χ3v) is 4.29. The van der Waals surface area contributed by atoms with Gasteiger partial charge in [-0.15, -0.1) is 5.06 Å². The molecule has 1 aromatic rings. The van der Waals surface area contributed by atoms with Gasteiger partial charge in [0.05, 0.1) is 12.6 Å². The summed E-state index contributed by atoms with van der Waals surface area (Å²) >= 11 is 0. The van der Waals surface area contributed by atoms with E-state index in [0.717, 1.165) is 12.0 Å². The number of carbonyl (C=O) groups excluding carboxylic acids is 2. The molecule has 2 rings (SSSR count). The van der Waals surface area contributed by atoms with Crippen molar-refractivity contribution in [2.45, 2.75) is 39.7 Å². The molecule has 25 heavy (non-hydrogen) atoms. The molecule has 7 nitrogen and oxygen atoms in total. The Hall–Kier alpha value is -2.12. The van der Waals surface area contributed by atoms with Crippen LogP contribution in [0.3, 0.4) is 0 Å². The predicted octanol–water partition coefficient (Wildman–Crippen LogP) is 2.73. The molecule has 138 valence electrons. The normalized spacial score (nSPS) is 17.8. The molecule has 7 heteroatoms. The van der Waals surface area contributed by atoms with Crippen molar-refractivity contribution in [2.24, 2.45) is 5.41 Å². The smallest absolute Gasteiger partial charge is 0.350 e. The van der Waals surface area contributed by atoms with E-state index in [-0.39, 0.29) is 30.3 Å². The monoisotopic (exact) mass is 349 g/mol. The Bertz CT molecular complexity index is 591. The van der Waals surface area contributed by atoms with Gasteiger partial charge in [-0.1, -0.05) is 44.2 Å². The van der Waals surface area contributed by atoms with Crippen LogP contribution < -0.4 is 5.32 Å². The first-order chi connectivity index (χ1) is 11.8. The van der Waals surface area contributed by atoms with Gasteiger partial charge in [-0.25, -0.2) is 4.79 Å². The van der Waals surface area contributed by atoms with Crippen molar-refractivity contribution in [3.05, 3.63) is 35.9 Å². The van der Waals surface area contributed by atoms with Crippen LogP contribution >= 0.6 is 0 Å². The van der Waals surface area contributed by atoms with Crippen molar-refractivity contribution in [3.63, 3.8) is 0 Å². The van der Waals surface area contributed by atoms with Gasteiger partial charge in [-0.05, 0) is 24.3 Å². The summed E-state index contributed by atoms with van der Waals surface area (Å²) in [6, 6.07) is 9.44. The van der Waals surface area contributed by atoms with Crippen LogP contribution in [0.4, 0.5) is 4.79 Å². The summed E-state index contributed by atoms with van der Waals surface area (Å²) in [5.41, 5.74) is 1.08. The number of amides is 2. The van der Waals surface area contributed by atoms with Crippen molar-refractivity contribution < 1.29 is 19.6 Å². The maximum Gasteiger partial charge on any atom is 0.452 e. The zero-order valence-electron chi connectivity index (χ0n) is 15.1. The molecule has 1 aliphatic heterocycles. The molecule has 1 aliphatic rings. The van der Waals surface area contributed by atoms with E-state index in [1.165, 1.54) is 0 Å². The van der Waals surface area contributed by atoms with E-state index in [1.807, 2.05) is 37.3 Å². The minimum atomic E-state index is -0.860. The van der Waals surface area contributed by atoms with Gasteiger partial charge < -0.3 is 10.2 Å². The molecule has 1 heterocycles. The third-order valence-electron chi connectivity index (χ3n) is 4.29. The van der Waals surface area contributed by atoms with Gasteiger partial charge >= 0.3 is 6.09 Å². The van der Waals surface area contributed by atoms with Gasteiger partial charge in [-0.3, -0.25) is 10.0 Å². The summed E-state index contributed by atoms with van der Waals surface area (Å²) < 4.78 is 0. The van der Waals surface area contributed by atoms with Gasteiger partial charge in [0.15, 0.2) is 0 Å². The molecule has 0 spiro atoms. The molecule has 1 fully saturated rings. The van der Waals surface area contributed by atoms with Crippen LogP contribution in [-0.4, -0.2) is 47.0 Å². The molecular formula is C18H27N3O4. The zero-order chi connectivity index (χ0) is 18.4. The van der Waals surface area contributed by atoms with Crippen molar-refractivity contribution in [1.82, 2.24) is 15.4 Å². The summed E-state index contributed by atoms with van der Waals surface area (Å²) in [6.45, 7) is 7.21. The fourth-order valence-electron chi connectivity index (χ4n) is 2.74. The largest absolute Gasteiger partial charge is 0.452 e. The molecule has 1 atom stereocenters. The highest BCUT2D eigenvalue weighted by molar-refractivity contribution is 5.77. The third kappa shape index (κ3) is 6.03. The lowest BCUT2D eigenvalue weighted by molar-refractivity contribution is -0.152. The van der Waals surface area contributed by atoms with E-state index >= 15 is 0 Å². The summed E-state index contributed by atoms with van der Waals surface area (Å²) in [5.74, 6) is -0.245. The molecule has 0 unspecified atom stereocenters. The molecule has 0 bridgehead atoms. The molecule has 0 aliphatic carbocycles. The van der Waals surface area contributed by atoms with Crippen molar-refractivity contribution in [3.8, 4) is 0 Å². The molecule has 2 N–H and O–H groups in total. The predicted molar refractivity (Wildman–Crippen MR) is 92.6 cm³/mol. The number of hydroxylamine groups is 4. The molecule has 2 amide bonds. The highest BCUT2D eigenvalue weighted by atomic mass is 16.7. The van der Waals surface area contributed by atoms with Gasteiger partial charge in [0.1, 0.15) is 0 Å².